The third-order valence-electron chi connectivity index (χ3n) is 5.47. The van der Waals surface area contributed by atoms with Crippen molar-refractivity contribution in [1.29, 1.82) is 0 Å². The first-order valence-corrected chi connectivity index (χ1v) is 13.5. The van der Waals surface area contributed by atoms with Crippen LogP contribution in [0.5, 0.6) is 0 Å². The number of thioether (sulfide) groups is 1. The summed E-state index contributed by atoms with van der Waals surface area (Å²) < 4.78 is 67.3. The topological polar surface area (TPSA) is 60.9 Å². The van der Waals surface area contributed by atoms with Gasteiger partial charge in [0.15, 0.2) is 5.60 Å². The van der Waals surface area contributed by atoms with Crippen molar-refractivity contribution in [3.05, 3.63) is 47.3 Å². The highest BCUT2D eigenvalue weighted by molar-refractivity contribution is 7.99. The molecule has 5 nitrogen and oxygen atoms in total. The number of hydrogen-bond acceptors (Lipinski definition) is 6. The number of benzene rings is 1. The summed E-state index contributed by atoms with van der Waals surface area (Å²) in [5.41, 5.74) is -2.47. The largest absolute Gasteiger partial charge is 0.421 e. The van der Waals surface area contributed by atoms with Crippen LogP contribution in [0, 0.1) is 0 Å². The fourth-order valence-corrected chi connectivity index (χ4v) is 7.02. The van der Waals surface area contributed by atoms with Crippen LogP contribution in [-0.4, -0.2) is 60.7 Å². The molecule has 1 fully saturated rings. The maximum atomic E-state index is 13.2. The number of alkyl halides is 3. The van der Waals surface area contributed by atoms with E-state index in [-0.39, 0.29) is 18.2 Å². The number of thiophene rings is 1. The molecule has 32 heavy (non-hydrogen) atoms. The highest BCUT2D eigenvalue weighted by Crippen LogP contribution is 2.39. The SMILES string of the molecule is CC(C)SC[C@H]1CN(S(=O)(=O)c2cccs2)CCN1c1ccc(C(C)(O)C(F)(F)F)cc1. The average molecular weight is 509 g/mol. The lowest BCUT2D eigenvalue weighted by Gasteiger charge is -2.42. The molecule has 0 saturated carbocycles. The molecule has 0 radical (unpaired) electrons. The Bertz CT molecular complexity index is 992. The van der Waals surface area contributed by atoms with E-state index in [4.69, 9.17) is 0 Å². The van der Waals surface area contributed by atoms with E-state index in [1.165, 1.54) is 27.8 Å². The van der Waals surface area contributed by atoms with Crippen LogP contribution < -0.4 is 4.90 Å². The summed E-state index contributed by atoms with van der Waals surface area (Å²) in [5, 5.41) is 12.0. The molecule has 1 N–H and O–H groups in total. The summed E-state index contributed by atoms with van der Waals surface area (Å²) in [5.74, 6) is 0.677. The molecule has 0 bridgehead atoms. The average Bonchev–Trinajstić information content (AvgIpc) is 3.27. The van der Waals surface area contributed by atoms with Crippen LogP contribution in [0.15, 0.2) is 46.0 Å². The van der Waals surface area contributed by atoms with Gasteiger partial charge in [-0.3, -0.25) is 0 Å². The Kier molecular flexibility index (Phi) is 7.56. The summed E-state index contributed by atoms with van der Waals surface area (Å²) in [6.45, 7) is 5.85. The Morgan fingerprint density at radius 3 is 2.38 bits per heavy atom. The van der Waals surface area contributed by atoms with Gasteiger partial charge in [0.2, 0.25) is 0 Å². The summed E-state index contributed by atoms with van der Waals surface area (Å²) in [6.07, 6.45) is -4.78. The smallest absolute Gasteiger partial charge is 0.376 e. The number of rotatable bonds is 7. The molecule has 2 atom stereocenters. The van der Waals surface area contributed by atoms with Crippen molar-refractivity contribution in [1.82, 2.24) is 4.31 Å². The van der Waals surface area contributed by atoms with Gasteiger partial charge in [0.1, 0.15) is 4.21 Å². The van der Waals surface area contributed by atoms with E-state index >= 15 is 0 Å². The molecular weight excluding hydrogens is 481 g/mol. The van der Waals surface area contributed by atoms with Crippen LogP contribution in [0.2, 0.25) is 0 Å². The van der Waals surface area contributed by atoms with Crippen LogP contribution in [0.4, 0.5) is 18.9 Å². The first-order valence-electron chi connectivity index (χ1n) is 10.2. The molecule has 0 amide bonds. The molecule has 3 rings (SSSR count). The normalized spacial score (nSPS) is 20.5. The minimum absolute atomic E-state index is 0.139. The van der Waals surface area contributed by atoms with Crippen LogP contribution in [-0.2, 0) is 15.6 Å². The van der Waals surface area contributed by atoms with Gasteiger partial charge in [0.05, 0.1) is 6.04 Å². The lowest BCUT2D eigenvalue weighted by molar-refractivity contribution is -0.258. The third kappa shape index (κ3) is 5.27. The summed E-state index contributed by atoms with van der Waals surface area (Å²) in [4.78, 5) is 2.04. The van der Waals surface area contributed by atoms with Gasteiger partial charge in [-0.25, -0.2) is 8.42 Å². The lowest BCUT2D eigenvalue weighted by atomic mass is 9.95. The lowest BCUT2D eigenvalue weighted by Crippen LogP contribution is -2.56. The van der Waals surface area contributed by atoms with Crippen LogP contribution in [0.1, 0.15) is 26.3 Å². The van der Waals surface area contributed by atoms with Crippen molar-refractivity contribution < 1.29 is 26.7 Å². The predicted molar refractivity (Wildman–Crippen MR) is 124 cm³/mol. The molecule has 2 heterocycles. The van der Waals surface area contributed by atoms with Crippen molar-refractivity contribution in [2.24, 2.45) is 0 Å². The van der Waals surface area contributed by atoms with Crippen molar-refractivity contribution in [2.75, 3.05) is 30.3 Å². The molecule has 0 aliphatic carbocycles. The summed E-state index contributed by atoms with van der Waals surface area (Å²) >= 11 is 2.89. The number of hydrogen-bond donors (Lipinski definition) is 1. The number of aliphatic hydroxyl groups is 1. The second kappa shape index (κ2) is 9.54. The first kappa shape index (κ1) is 25.4. The maximum Gasteiger partial charge on any atom is 0.421 e. The fraction of sp³-hybridized carbons (Fsp3) is 0.524. The van der Waals surface area contributed by atoms with E-state index in [1.54, 1.807) is 41.4 Å². The number of sulfonamides is 1. The van der Waals surface area contributed by atoms with Crippen LogP contribution in [0.25, 0.3) is 0 Å². The van der Waals surface area contributed by atoms with Gasteiger partial charge in [-0.05, 0) is 41.3 Å². The van der Waals surface area contributed by atoms with E-state index in [0.717, 1.165) is 6.92 Å². The van der Waals surface area contributed by atoms with Gasteiger partial charge < -0.3 is 10.0 Å². The van der Waals surface area contributed by atoms with Crippen LogP contribution >= 0.6 is 23.1 Å². The molecule has 1 aromatic heterocycles. The fourth-order valence-electron chi connectivity index (χ4n) is 3.51. The third-order valence-corrected chi connectivity index (χ3v) is 9.95. The molecule has 11 heteroatoms. The Balaban J connectivity index is 1.84. The number of halogens is 3. The molecule has 1 aromatic carbocycles. The van der Waals surface area contributed by atoms with Gasteiger partial charge >= 0.3 is 6.18 Å². The van der Waals surface area contributed by atoms with E-state index < -0.39 is 21.8 Å². The Morgan fingerprint density at radius 1 is 1.19 bits per heavy atom. The number of piperazine rings is 1. The zero-order chi connectivity index (χ0) is 23.7. The quantitative estimate of drug-likeness (QED) is 0.595. The second-order valence-corrected chi connectivity index (χ2v) is 12.9. The van der Waals surface area contributed by atoms with Crippen molar-refractivity contribution in [3.63, 3.8) is 0 Å². The van der Waals surface area contributed by atoms with E-state index in [9.17, 15) is 26.7 Å². The molecule has 1 aliphatic rings. The van der Waals surface area contributed by atoms with Gasteiger partial charge in [0.25, 0.3) is 10.0 Å². The molecule has 178 valence electrons. The Labute approximate surface area is 195 Å². The monoisotopic (exact) mass is 508 g/mol. The Hall–Kier alpha value is -1.27. The minimum atomic E-state index is -4.78. The number of anilines is 1. The molecular formula is C21H27F3N2O3S3. The van der Waals surface area contributed by atoms with Crippen molar-refractivity contribution in [3.8, 4) is 0 Å². The zero-order valence-electron chi connectivity index (χ0n) is 18.0. The second-order valence-electron chi connectivity index (χ2n) is 8.14. The van der Waals surface area contributed by atoms with Crippen molar-refractivity contribution in [2.45, 2.75) is 48.0 Å². The van der Waals surface area contributed by atoms with E-state index in [1.807, 2.05) is 4.90 Å². The molecule has 1 aliphatic heterocycles. The van der Waals surface area contributed by atoms with Gasteiger partial charge in [-0.15, -0.1) is 11.3 Å². The minimum Gasteiger partial charge on any atom is -0.376 e. The molecule has 1 unspecified atom stereocenters. The summed E-state index contributed by atoms with van der Waals surface area (Å²) in [7, 11) is -3.58. The zero-order valence-corrected chi connectivity index (χ0v) is 20.5. The number of nitrogens with zero attached hydrogens (tertiary/aromatic N) is 2. The van der Waals surface area contributed by atoms with Gasteiger partial charge in [-0.2, -0.15) is 29.2 Å². The first-order chi connectivity index (χ1) is 14.8. The summed E-state index contributed by atoms with van der Waals surface area (Å²) in [6, 6.07) is 8.85. The molecule has 2 aromatic rings. The van der Waals surface area contributed by atoms with E-state index in [2.05, 4.69) is 13.8 Å². The molecule has 1 saturated heterocycles. The predicted octanol–water partition coefficient (Wildman–Crippen LogP) is 4.54. The van der Waals surface area contributed by atoms with Crippen molar-refractivity contribution >= 4 is 38.8 Å². The maximum absolute atomic E-state index is 13.2. The standard InChI is InChI=1S/C21H27F3N2O3S3/c1-15(2)31-14-18-13-25(32(28,29)19-5-4-12-30-19)10-11-26(18)17-8-6-16(7-9-17)20(3,27)21(22,23)24/h4-9,12,15,18,27H,10-11,13-14H2,1-3H3/t18-,20?/m1/s1. The van der Waals surface area contributed by atoms with Gasteiger partial charge in [0, 0.05) is 31.1 Å². The van der Waals surface area contributed by atoms with E-state index in [0.29, 0.717) is 34.0 Å². The molecule has 0 spiro atoms. The Morgan fingerprint density at radius 2 is 1.84 bits per heavy atom. The van der Waals surface area contributed by atoms with Crippen LogP contribution in [0.3, 0.4) is 0 Å². The highest BCUT2D eigenvalue weighted by Gasteiger charge is 2.51. The van der Waals surface area contributed by atoms with Gasteiger partial charge in [-0.1, -0.05) is 32.0 Å². The highest BCUT2D eigenvalue weighted by atomic mass is 32.2.